The van der Waals surface area contributed by atoms with Gasteiger partial charge in [0, 0.05) is 54.9 Å². The van der Waals surface area contributed by atoms with Gasteiger partial charge in [-0.15, -0.1) is 0 Å². The number of furan rings is 1. The fourth-order valence-electron chi connectivity index (χ4n) is 4.56. The van der Waals surface area contributed by atoms with Crippen molar-refractivity contribution in [3.63, 3.8) is 0 Å². The fourth-order valence-corrected chi connectivity index (χ4v) is 4.56. The summed E-state index contributed by atoms with van der Waals surface area (Å²) in [6.07, 6.45) is 0. The lowest BCUT2D eigenvalue weighted by molar-refractivity contribution is 0.0718. The maximum Gasteiger partial charge on any atom is 0.291 e. The number of amides is 2. The molecule has 1 saturated heterocycles. The van der Waals surface area contributed by atoms with Crippen molar-refractivity contribution in [2.45, 2.75) is 0 Å². The second kappa shape index (κ2) is 10.8. The molecule has 3 aromatic carbocycles. The summed E-state index contributed by atoms with van der Waals surface area (Å²) in [6.45, 7) is 2.33. The molecule has 9 nitrogen and oxygen atoms in total. The summed E-state index contributed by atoms with van der Waals surface area (Å²) >= 11 is 0. The Morgan fingerprint density at radius 3 is 2.16 bits per heavy atom. The first-order chi connectivity index (χ1) is 18.5. The molecular formula is C29H29N3O6. The van der Waals surface area contributed by atoms with E-state index in [1.807, 2.05) is 42.5 Å². The lowest BCUT2D eigenvalue weighted by Crippen LogP contribution is -2.48. The smallest absolute Gasteiger partial charge is 0.291 e. The van der Waals surface area contributed by atoms with Crippen LogP contribution in [0.3, 0.4) is 0 Å². The molecule has 9 heteroatoms. The van der Waals surface area contributed by atoms with Crippen molar-refractivity contribution < 1.29 is 28.2 Å². The third-order valence-electron chi connectivity index (χ3n) is 6.63. The Kier molecular flexibility index (Phi) is 7.08. The van der Waals surface area contributed by atoms with Crippen molar-refractivity contribution >= 4 is 34.2 Å². The average Bonchev–Trinajstić information content (AvgIpc) is 3.34. The summed E-state index contributed by atoms with van der Waals surface area (Å²) in [5.41, 5.74) is 2.23. The van der Waals surface area contributed by atoms with E-state index in [1.165, 1.54) is 14.2 Å². The molecule has 2 heterocycles. The Labute approximate surface area is 220 Å². The third kappa shape index (κ3) is 4.95. The van der Waals surface area contributed by atoms with Gasteiger partial charge >= 0.3 is 0 Å². The number of piperazine rings is 1. The molecule has 0 bridgehead atoms. The van der Waals surface area contributed by atoms with E-state index in [0.717, 1.165) is 11.4 Å². The van der Waals surface area contributed by atoms with E-state index < -0.39 is 5.91 Å². The van der Waals surface area contributed by atoms with Gasteiger partial charge in [-0.1, -0.05) is 18.2 Å². The van der Waals surface area contributed by atoms with Gasteiger partial charge < -0.3 is 33.7 Å². The first kappa shape index (κ1) is 25.0. The summed E-state index contributed by atoms with van der Waals surface area (Å²) in [4.78, 5) is 30.9. The van der Waals surface area contributed by atoms with Crippen LogP contribution < -0.4 is 24.4 Å². The highest BCUT2D eigenvalue weighted by Gasteiger charge is 2.29. The van der Waals surface area contributed by atoms with Crippen LogP contribution in [0.15, 0.2) is 71.1 Å². The van der Waals surface area contributed by atoms with Crippen molar-refractivity contribution in [1.29, 1.82) is 0 Å². The predicted molar refractivity (Wildman–Crippen MR) is 145 cm³/mol. The Hall–Kier alpha value is -4.66. The van der Waals surface area contributed by atoms with Crippen molar-refractivity contribution in [2.75, 3.05) is 57.7 Å². The molecule has 0 saturated carbocycles. The number of nitrogens with one attached hydrogen (secondary N) is 1. The number of hydrogen-bond donors (Lipinski definition) is 1. The van der Waals surface area contributed by atoms with Crippen LogP contribution in [0.1, 0.15) is 20.9 Å². The summed E-state index contributed by atoms with van der Waals surface area (Å²) < 4.78 is 21.9. The number of anilines is 2. The minimum absolute atomic E-state index is 0.101. The standard InChI is InChI=1S/C29H29N3O6/c1-35-21-8-6-7-20(17-21)31-11-13-32(14-12-31)29(34)27-26(24-9-4-5-10-25(24)38-27)30-28(33)19-15-22(36-2)18-23(16-19)37-3/h4-10,15-18H,11-14H2,1-3H3,(H,30,33). The van der Waals surface area contributed by atoms with E-state index in [4.69, 9.17) is 18.6 Å². The molecule has 5 rings (SSSR count). The van der Waals surface area contributed by atoms with Gasteiger partial charge in [0.1, 0.15) is 28.5 Å². The summed E-state index contributed by atoms with van der Waals surface area (Å²) in [5.74, 6) is 1.17. The minimum Gasteiger partial charge on any atom is -0.497 e. The maximum atomic E-state index is 13.7. The van der Waals surface area contributed by atoms with Gasteiger partial charge in [0.05, 0.1) is 21.3 Å². The highest BCUT2D eigenvalue weighted by molar-refractivity contribution is 6.14. The Morgan fingerprint density at radius 1 is 0.789 bits per heavy atom. The molecule has 1 N–H and O–H groups in total. The van der Waals surface area contributed by atoms with Crippen LogP contribution in [0.4, 0.5) is 11.4 Å². The highest BCUT2D eigenvalue weighted by Crippen LogP contribution is 2.33. The molecule has 0 radical (unpaired) electrons. The molecule has 0 unspecified atom stereocenters. The Balaban J connectivity index is 1.39. The van der Waals surface area contributed by atoms with Crippen LogP contribution in [-0.2, 0) is 0 Å². The first-order valence-electron chi connectivity index (χ1n) is 12.2. The summed E-state index contributed by atoms with van der Waals surface area (Å²) in [6, 6.07) is 20.0. The molecule has 1 aliphatic rings. The number of hydrogen-bond acceptors (Lipinski definition) is 7. The minimum atomic E-state index is -0.411. The SMILES string of the molecule is COc1cc(OC)cc(C(=O)Nc2c(C(=O)N3CCN(c4cccc(OC)c4)CC3)oc3ccccc23)c1. The van der Waals surface area contributed by atoms with Crippen LogP contribution >= 0.6 is 0 Å². The van der Waals surface area contributed by atoms with E-state index in [2.05, 4.69) is 10.2 Å². The lowest BCUT2D eigenvalue weighted by Gasteiger charge is -2.36. The molecule has 0 atom stereocenters. The van der Waals surface area contributed by atoms with Crippen LogP contribution in [0, 0.1) is 0 Å². The van der Waals surface area contributed by atoms with E-state index in [9.17, 15) is 9.59 Å². The zero-order valence-corrected chi connectivity index (χ0v) is 21.5. The zero-order valence-electron chi connectivity index (χ0n) is 21.5. The van der Waals surface area contributed by atoms with Gasteiger partial charge in [-0.05, 0) is 36.4 Å². The molecule has 2 amide bonds. The van der Waals surface area contributed by atoms with Gasteiger partial charge in [0.25, 0.3) is 11.8 Å². The van der Waals surface area contributed by atoms with E-state index >= 15 is 0 Å². The topological polar surface area (TPSA) is 93.5 Å². The van der Waals surface area contributed by atoms with Crippen molar-refractivity contribution in [1.82, 2.24) is 4.90 Å². The van der Waals surface area contributed by atoms with Crippen LogP contribution in [0.25, 0.3) is 11.0 Å². The number of methoxy groups -OCH3 is 3. The van der Waals surface area contributed by atoms with Crippen LogP contribution in [-0.4, -0.2) is 64.2 Å². The second-order valence-electron chi connectivity index (χ2n) is 8.84. The third-order valence-corrected chi connectivity index (χ3v) is 6.63. The number of rotatable bonds is 7. The molecule has 0 aliphatic carbocycles. The summed E-state index contributed by atoms with van der Waals surface area (Å²) in [7, 11) is 4.68. The second-order valence-corrected chi connectivity index (χ2v) is 8.84. The number of benzene rings is 3. The number of para-hydroxylation sites is 1. The molecule has 38 heavy (non-hydrogen) atoms. The zero-order chi connectivity index (χ0) is 26.6. The maximum absolute atomic E-state index is 13.7. The number of fused-ring (bicyclic) bond motifs is 1. The monoisotopic (exact) mass is 515 g/mol. The molecule has 196 valence electrons. The number of carbonyl (C=O) groups is 2. The van der Waals surface area contributed by atoms with E-state index in [-0.39, 0.29) is 11.7 Å². The van der Waals surface area contributed by atoms with Crippen molar-refractivity contribution in [3.8, 4) is 17.2 Å². The van der Waals surface area contributed by atoms with E-state index in [0.29, 0.717) is 59.9 Å². The fraction of sp³-hybridized carbons (Fsp3) is 0.241. The van der Waals surface area contributed by atoms with Gasteiger partial charge in [0.2, 0.25) is 5.76 Å². The molecule has 1 aromatic heterocycles. The molecule has 4 aromatic rings. The lowest BCUT2D eigenvalue weighted by atomic mass is 10.1. The van der Waals surface area contributed by atoms with E-state index in [1.54, 1.807) is 36.3 Å². The molecule has 0 spiro atoms. The Morgan fingerprint density at radius 2 is 1.47 bits per heavy atom. The van der Waals surface area contributed by atoms with Crippen molar-refractivity contribution in [2.24, 2.45) is 0 Å². The number of ether oxygens (including phenoxy) is 3. The largest absolute Gasteiger partial charge is 0.497 e. The summed E-state index contributed by atoms with van der Waals surface area (Å²) in [5, 5.41) is 3.55. The normalized spacial score (nSPS) is 13.3. The van der Waals surface area contributed by atoms with Crippen LogP contribution in [0.5, 0.6) is 17.2 Å². The molecule has 1 aliphatic heterocycles. The van der Waals surface area contributed by atoms with Crippen LogP contribution in [0.2, 0.25) is 0 Å². The quantitative estimate of drug-likeness (QED) is 0.382. The van der Waals surface area contributed by atoms with Gasteiger partial charge in [-0.25, -0.2) is 0 Å². The van der Waals surface area contributed by atoms with Gasteiger partial charge in [-0.2, -0.15) is 0 Å². The number of carbonyl (C=O) groups excluding carboxylic acids is 2. The predicted octanol–water partition coefficient (Wildman–Crippen LogP) is 4.67. The number of nitrogens with zero attached hydrogens (tertiary/aromatic N) is 2. The average molecular weight is 516 g/mol. The first-order valence-corrected chi connectivity index (χ1v) is 12.2. The van der Waals surface area contributed by atoms with Crippen molar-refractivity contribution in [3.05, 3.63) is 78.1 Å². The highest BCUT2D eigenvalue weighted by atomic mass is 16.5. The van der Waals surface area contributed by atoms with Gasteiger partial charge in [-0.3, -0.25) is 9.59 Å². The molecule has 1 fully saturated rings. The Bertz CT molecular complexity index is 1450. The molecular weight excluding hydrogens is 486 g/mol. The van der Waals surface area contributed by atoms with Gasteiger partial charge in [0.15, 0.2) is 0 Å².